The lowest BCUT2D eigenvalue weighted by molar-refractivity contribution is 0.486. The maximum Gasteiger partial charge on any atom is 0.332 e. The van der Waals surface area contributed by atoms with E-state index in [9.17, 15) is 9.59 Å². The summed E-state index contributed by atoms with van der Waals surface area (Å²) in [7, 11) is 0. The number of aromatic nitrogens is 2. The summed E-state index contributed by atoms with van der Waals surface area (Å²) >= 11 is 0. The van der Waals surface area contributed by atoms with Crippen LogP contribution in [0.25, 0.3) is 0 Å². The van der Waals surface area contributed by atoms with Crippen molar-refractivity contribution in [2.24, 2.45) is 5.92 Å². The zero-order valence-corrected chi connectivity index (χ0v) is 9.86. The molecule has 6 heteroatoms. The molecule has 0 saturated carbocycles. The van der Waals surface area contributed by atoms with Crippen LogP contribution in [0.4, 0.5) is 11.5 Å². The zero-order chi connectivity index (χ0) is 12.5. The summed E-state index contributed by atoms with van der Waals surface area (Å²) in [6, 6.07) is 0. The van der Waals surface area contributed by atoms with Crippen LogP contribution in [0.3, 0.4) is 0 Å². The van der Waals surface area contributed by atoms with Gasteiger partial charge in [-0.1, -0.05) is 13.8 Å². The molecule has 6 nitrogen and oxygen atoms in total. The van der Waals surface area contributed by atoms with Crippen molar-refractivity contribution < 1.29 is 0 Å². The second-order valence-corrected chi connectivity index (χ2v) is 4.14. The molecule has 0 aliphatic heterocycles. The van der Waals surface area contributed by atoms with E-state index in [2.05, 4.69) is 0 Å². The van der Waals surface area contributed by atoms with Crippen LogP contribution in [-0.4, -0.2) is 9.13 Å². The number of hydrogen-bond acceptors (Lipinski definition) is 4. The Hall–Kier alpha value is -1.72. The smallest absolute Gasteiger partial charge is 0.332 e. The predicted octanol–water partition coefficient (Wildman–Crippen LogP) is -0.150. The van der Waals surface area contributed by atoms with Crippen molar-refractivity contribution >= 4 is 11.5 Å². The molecule has 0 aliphatic rings. The number of rotatable bonds is 3. The van der Waals surface area contributed by atoms with Gasteiger partial charge in [-0.05, 0) is 12.8 Å². The Morgan fingerprint density at radius 1 is 1.19 bits per heavy atom. The Labute approximate surface area is 93.5 Å². The Morgan fingerprint density at radius 2 is 1.75 bits per heavy atom. The van der Waals surface area contributed by atoms with E-state index in [-0.39, 0.29) is 17.4 Å². The third kappa shape index (κ3) is 1.95. The van der Waals surface area contributed by atoms with Crippen LogP contribution in [0, 0.1) is 5.92 Å². The Bertz CT molecular complexity index is 499. The lowest BCUT2D eigenvalue weighted by atomic mass is 10.2. The van der Waals surface area contributed by atoms with E-state index in [1.165, 1.54) is 4.57 Å². The molecule has 0 saturated heterocycles. The minimum Gasteiger partial charge on any atom is -0.391 e. The molecule has 0 aliphatic carbocycles. The predicted molar refractivity (Wildman–Crippen MR) is 64.3 cm³/mol. The van der Waals surface area contributed by atoms with Crippen LogP contribution in [0.5, 0.6) is 0 Å². The molecule has 0 spiro atoms. The average molecular weight is 226 g/mol. The number of nitrogens with two attached hydrogens (primary N) is 2. The third-order valence-electron chi connectivity index (χ3n) is 2.37. The summed E-state index contributed by atoms with van der Waals surface area (Å²) in [5.74, 6) is 0.315. The van der Waals surface area contributed by atoms with Gasteiger partial charge in [-0.25, -0.2) is 4.79 Å². The van der Waals surface area contributed by atoms with Crippen LogP contribution in [0.15, 0.2) is 9.59 Å². The first-order valence-corrected chi connectivity index (χ1v) is 5.28. The van der Waals surface area contributed by atoms with Gasteiger partial charge < -0.3 is 11.5 Å². The first kappa shape index (κ1) is 12.4. The van der Waals surface area contributed by atoms with E-state index in [1.807, 2.05) is 13.8 Å². The van der Waals surface area contributed by atoms with Gasteiger partial charge >= 0.3 is 5.69 Å². The van der Waals surface area contributed by atoms with Crippen molar-refractivity contribution in [2.45, 2.75) is 33.9 Å². The summed E-state index contributed by atoms with van der Waals surface area (Å²) in [6.07, 6.45) is 0. The summed E-state index contributed by atoms with van der Waals surface area (Å²) < 4.78 is 2.44. The molecule has 0 fully saturated rings. The van der Waals surface area contributed by atoms with Gasteiger partial charge in [-0.3, -0.25) is 13.9 Å². The maximum atomic E-state index is 11.9. The molecule has 1 aromatic rings. The summed E-state index contributed by atoms with van der Waals surface area (Å²) in [6.45, 7) is 6.39. The van der Waals surface area contributed by atoms with Gasteiger partial charge in [0.05, 0.1) is 0 Å². The van der Waals surface area contributed by atoms with E-state index in [1.54, 1.807) is 6.92 Å². The fourth-order valence-corrected chi connectivity index (χ4v) is 1.56. The second kappa shape index (κ2) is 4.42. The fraction of sp³-hybridized carbons (Fsp3) is 0.600. The first-order chi connectivity index (χ1) is 7.40. The van der Waals surface area contributed by atoms with Crippen LogP contribution in [0.2, 0.25) is 0 Å². The normalized spacial score (nSPS) is 11.0. The lowest BCUT2D eigenvalue weighted by Crippen LogP contribution is -2.42. The molecule has 0 atom stereocenters. The van der Waals surface area contributed by atoms with Crippen molar-refractivity contribution in [2.75, 3.05) is 11.5 Å². The zero-order valence-electron chi connectivity index (χ0n) is 9.86. The third-order valence-corrected chi connectivity index (χ3v) is 2.37. The van der Waals surface area contributed by atoms with Gasteiger partial charge in [0.2, 0.25) is 0 Å². The second-order valence-electron chi connectivity index (χ2n) is 4.14. The van der Waals surface area contributed by atoms with Crippen LogP contribution < -0.4 is 22.7 Å². The monoisotopic (exact) mass is 226 g/mol. The lowest BCUT2D eigenvalue weighted by Gasteiger charge is -2.15. The minimum absolute atomic E-state index is 0.0536. The van der Waals surface area contributed by atoms with Gasteiger partial charge in [0.1, 0.15) is 11.5 Å². The van der Waals surface area contributed by atoms with Crippen molar-refractivity contribution in [3.05, 3.63) is 20.8 Å². The highest BCUT2D eigenvalue weighted by molar-refractivity contribution is 5.56. The van der Waals surface area contributed by atoms with E-state index in [0.717, 1.165) is 4.57 Å². The van der Waals surface area contributed by atoms with Gasteiger partial charge in [0.25, 0.3) is 5.56 Å². The molecule has 1 heterocycles. The first-order valence-electron chi connectivity index (χ1n) is 5.28. The molecule has 16 heavy (non-hydrogen) atoms. The van der Waals surface area contributed by atoms with Crippen molar-refractivity contribution in [1.82, 2.24) is 9.13 Å². The summed E-state index contributed by atoms with van der Waals surface area (Å²) in [4.78, 5) is 23.5. The minimum atomic E-state index is -0.509. The molecule has 1 rings (SSSR count). The average Bonchev–Trinajstić information content (AvgIpc) is 2.22. The molecule has 0 bridgehead atoms. The van der Waals surface area contributed by atoms with Gasteiger partial charge in [0, 0.05) is 13.1 Å². The number of nitrogens with zero attached hydrogens (tertiary/aromatic N) is 2. The number of nitrogen functional groups attached to an aromatic ring is 2. The Kier molecular flexibility index (Phi) is 3.41. The molecular weight excluding hydrogens is 208 g/mol. The van der Waals surface area contributed by atoms with Gasteiger partial charge in [-0.15, -0.1) is 0 Å². The van der Waals surface area contributed by atoms with E-state index in [0.29, 0.717) is 13.1 Å². The number of hydrogen-bond donors (Lipinski definition) is 2. The van der Waals surface area contributed by atoms with Crippen molar-refractivity contribution in [3.63, 3.8) is 0 Å². The van der Waals surface area contributed by atoms with Crippen LogP contribution in [-0.2, 0) is 13.1 Å². The largest absolute Gasteiger partial charge is 0.391 e. The molecule has 0 radical (unpaired) electrons. The highest BCUT2D eigenvalue weighted by atomic mass is 16.2. The molecule has 90 valence electrons. The maximum absolute atomic E-state index is 11.9. The highest BCUT2D eigenvalue weighted by Gasteiger charge is 2.14. The number of anilines is 2. The topological polar surface area (TPSA) is 96.0 Å². The summed E-state index contributed by atoms with van der Waals surface area (Å²) in [5, 5.41) is 0. The van der Waals surface area contributed by atoms with Crippen LogP contribution >= 0.6 is 0 Å². The standard InChI is InChI=1S/C10H18N4O2/c1-4-13-9(15)7(11)8(12)14(10(13)16)5-6(2)3/h6H,4-5,11-12H2,1-3H3. The fourth-order valence-electron chi connectivity index (χ4n) is 1.56. The van der Waals surface area contributed by atoms with Crippen molar-refractivity contribution in [3.8, 4) is 0 Å². The molecule has 0 amide bonds. The van der Waals surface area contributed by atoms with E-state index in [4.69, 9.17) is 11.5 Å². The van der Waals surface area contributed by atoms with E-state index < -0.39 is 11.2 Å². The van der Waals surface area contributed by atoms with Gasteiger partial charge in [0.15, 0.2) is 0 Å². The molecular formula is C10H18N4O2. The quantitative estimate of drug-likeness (QED) is 0.749. The van der Waals surface area contributed by atoms with Crippen molar-refractivity contribution in [1.29, 1.82) is 0 Å². The van der Waals surface area contributed by atoms with E-state index >= 15 is 0 Å². The summed E-state index contributed by atoms with van der Waals surface area (Å²) in [5.41, 5.74) is 10.3. The Balaban J connectivity index is 3.56. The SMILES string of the molecule is CCn1c(=O)c(N)c(N)n(CC(C)C)c1=O. The molecule has 0 aromatic carbocycles. The van der Waals surface area contributed by atoms with Crippen LogP contribution in [0.1, 0.15) is 20.8 Å². The van der Waals surface area contributed by atoms with Gasteiger partial charge in [-0.2, -0.15) is 0 Å². The highest BCUT2D eigenvalue weighted by Crippen LogP contribution is 2.08. The Morgan fingerprint density at radius 3 is 2.19 bits per heavy atom. The molecule has 4 N–H and O–H groups in total. The molecule has 1 aromatic heterocycles. The molecule has 0 unspecified atom stereocenters.